The summed E-state index contributed by atoms with van der Waals surface area (Å²) in [6, 6.07) is 6.57. The first-order valence-electron chi connectivity index (χ1n) is 10.1. The van der Waals surface area contributed by atoms with Crippen molar-refractivity contribution in [3.05, 3.63) is 59.5 Å². The molecule has 0 amide bonds. The van der Waals surface area contributed by atoms with Gasteiger partial charge in [-0.3, -0.25) is 9.78 Å². The van der Waals surface area contributed by atoms with E-state index in [0.29, 0.717) is 47.7 Å². The largest absolute Gasteiger partial charge is 0.480 e. The predicted octanol–water partition coefficient (Wildman–Crippen LogP) is 3.48. The third-order valence-electron chi connectivity index (χ3n) is 5.52. The van der Waals surface area contributed by atoms with Gasteiger partial charge in [-0.2, -0.15) is 0 Å². The number of H-pyrrole nitrogens is 1. The van der Waals surface area contributed by atoms with E-state index < -0.39 is 23.6 Å². The molecular weight excluding hydrogens is 454 g/mol. The minimum Gasteiger partial charge on any atom is -0.480 e. The van der Waals surface area contributed by atoms with Crippen molar-refractivity contribution in [3.8, 4) is 22.6 Å². The highest BCUT2D eigenvalue weighted by molar-refractivity contribution is 6.31. The number of carboxylic acid groups (broad SMARTS) is 1. The lowest BCUT2D eigenvalue weighted by molar-refractivity contribution is -0.139. The van der Waals surface area contributed by atoms with Crippen molar-refractivity contribution in [2.45, 2.75) is 6.04 Å². The van der Waals surface area contributed by atoms with E-state index in [1.165, 1.54) is 12.4 Å². The molecule has 1 saturated heterocycles. The molecule has 0 spiro atoms. The van der Waals surface area contributed by atoms with E-state index in [1.54, 1.807) is 18.3 Å². The van der Waals surface area contributed by atoms with E-state index in [-0.39, 0.29) is 10.6 Å². The number of nitrogens with zero attached hydrogens (tertiary/aromatic N) is 4. The first-order valence-corrected chi connectivity index (χ1v) is 10.4. The molecule has 0 aliphatic carbocycles. The maximum atomic E-state index is 14.5. The number of aliphatic carboxylic acids is 1. The van der Waals surface area contributed by atoms with Crippen molar-refractivity contribution in [1.29, 1.82) is 0 Å². The minimum absolute atomic E-state index is 0.0724. The Kier molecular flexibility index (Phi) is 5.39. The number of halogens is 3. The van der Waals surface area contributed by atoms with Gasteiger partial charge in [0, 0.05) is 31.3 Å². The Morgan fingerprint density at radius 2 is 2.00 bits per heavy atom. The summed E-state index contributed by atoms with van der Waals surface area (Å²) < 4.78 is 28.1. The molecule has 1 aromatic carbocycles. The van der Waals surface area contributed by atoms with Crippen LogP contribution < -0.4 is 10.2 Å². The third-order valence-corrected chi connectivity index (χ3v) is 5.81. The number of carboxylic acids is 1. The van der Waals surface area contributed by atoms with E-state index in [1.807, 2.05) is 11.0 Å². The van der Waals surface area contributed by atoms with Crippen LogP contribution in [0.3, 0.4) is 0 Å². The molecule has 1 atom stereocenters. The fourth-order valence-corrected chi connectivity index (χ4v) is 4.02. The van der Waals surface area contributed by atoms with E-state index in [9.17, 15) is 18.7 Å². The number of benzene rings is 1. The monoisotopic (exact) mass is 470 g/mol. The summed E-state index contributed by atoms with van der Waals surface area (Å²) in [4.78, 5) is 29.5. The summed E-state index contributed by atoms with van der Waals surface area (Å²) in [5.41, 5.74) is 3.18. The molecule has 4 heterocycles. The minimum atomic E-state index is -0.909. The number of nitrogens with one attached hydrogen (secondary N) is 2. The second-order valence-corrected chi connectivity index (χ2v) is 8.00. The van der Waals surface area contributed by atoms with E-state index in [4.69, 9.17) is 11.6 Å². The van der Waals surface area contributed by atoms with Gasteiger partial charge in [0.2, 0.25) is 0 Å². The van der Waals surface area contributed by atoms with Crippen molar-refractivity contribution in [2.24, 2.45) is 0 Å². The molecule has 0 saturated carbocycles. The number of imidazole rings is 1. The van der Waals surface area contributed by atoms with E-state index in [0.717, 1.165) is 11.8 Å². The second kappa shape index (κ2) is 8.38. The standard InChI is InChI=1S/C22H17ClF2N6O2/c23-13-6-12(14(24)7-15(13)25)20-21(29-10-28-20)17-2-1-16-18(30-17)5-11(8-27-16)31-4-3-26-19(9-31)22(32)33/h1-2,5-8,10,19,26H,3-4,9H2,(H,28,29)(H,32,33)/t19-/m1/s1. The van der Waals surface area contributed by atoms with Crippen molar-refractivity contribution in [2.75, 3.05) is 24.5 Å². The molecule has 5 rings (SSSR count). The topological polar surface area (TPSA) is 107 Å². The van der Waals surface area contributed by atoms with Gasteiger partial charge in [-0.25, -0.2) is 18.7 Å². The molecule has 1 aliphatic rings. The lowest BCUT2D eigenvalue weighted by Crippen LogP contribution is -2.54. The zero-order chi connectivity index (χ0) is 23.1. The Balaban J connectivity index is 1.53. The van der Waals surface area contributed by atoms with Crippen LogP contribution in [0.15, 0.2) is 42.9 Å². The van der Waals surface area contributed by atoms with Gasteiger partial charge in [-0.05, 0) is 24.3 Å². The lowest BCUT2D eigenvalue weighted by Gasteiger charge is -2.33. The number of hydrogen-bond donors (Lipinski definition) is 3. The smallest absolute Gasteiger partial charge is 0.322 e. The Bertz CT molecular complexity index is 1380. The van der Waals surface area contributed by atoms with Crippen LogP contribution >= 0.6 is 11.6 Å². The van der Waals surface area contributed by atoms with Gasteiger partial charge in [0.25, 0.3) is 0 Å². The van der Waals surface area contributed by atoms with Crippen LogP contribution in [0, 0.1) is 11.6 Å². The van der Waals surface area contributed by atoms with Crippen LogP contribution in [0.2, 0.25) is 5.02 Å². The second-order valence-electron chi connectivity index (χ2n) is 7.59. The van der Waals surface area contributed by atoms with Gasteiger partial charge in [0.1, 0.15) is 23.4 Å². The molecule has 1 aliphatic heterocycles. The molecule has 3 N–H and O–H groups in total. The molecule has 0 radical (unpaired) electrons. The summed E-state index contributed by atoms with van der Waals surface area (Å²) in [5, 5.41) is 12.1. The summed E-state index contributed by atoms with van der Waals surface area (Å²) in [7, 11) is 0. The molecule has 0 bridgehead atoms. The number of pyridine rings is 2. The summed E-state index contributed by atoms with van der Waals surface area (Å²) >= 11 is 5.85. The predicted molar refractivity (Wildman–Crippen MR) is 119 cm³/mol. The average molecular weight is 471 g/mol. The first-order chi connectivity index (χ1) is 15.9. The number of aromatic nitrogens is 4. The van der Waals surface area contributed by atoms with Gasteiger partial charge < -0.3 is 20.3 Å². The number of rotatable bonds is 4. The Morgan fingerprint density at radius 3 is 2.82 bits per heavy atom. The third kappa shape index (κ3) is 3.98. The van der Waals surface area contributed by atoms with Crippen LogP contribution in [-0.2, 0) is 4.79 Å². The molecule has 8 nitrogen and oxygen atoms in total. The van der Waals surface area contributed by atoms with Gasteiger partial charge in [-0.1, -0.05) is 11.6 Å². The Labute approximate surface area is 191 Å². The van der Waals surface area contributed by atoms with Crippen LogP contribution in [-0.4, -0.2) is 56.7 Å². The average Bonchev–Trinajstić information content (AvgIpc) is 3.30. The van der Waals surface area contributed by atoms with Crippen molar-refractivity contribution in [3.63, 3.8) is 0 Å². The number of anilines is 1. The number of hydrogen-bond acceptors (Lipinski definition) is 6. The number of carbonyl (C=O) groups is 1. The highest BCUT2D eigenvalue weighted by atomic mass is 35.5. The molecule has 0 unspecified atom stereocenters. The summed E-state index contributed by atoms with van der Waals surface area (Å²) in [6.07, 6.45) is 3.08. The van der Waals surface area contributed by atoms with E-state index >= 15 is 0 Å². The summed E-state index contributed by atoms with van der Waals surface area (Å²) in [6.45, 7) is 1.46. The first kappa shape index (κ1) is 21.2. The quantitative estimate of drug-likeness (QED) is 0.392. The molecule has 4 aromatic rings. The van der Waals surface area contributed by atoms with E-state index in [2.05, 4.69) is 25.3 Å². The fourth-order valence-electron chi connectivity index (χ4n) is 3.86. The SMILES string of the molecule is O=C(O)[C@H]1CN(c2cnc3ccc(-c4nc[nH]c4-c4cc(Cl)c(F)cc4F)nc3c2)CCN1. The highest BCUT2D eigenvalue weighted by Gasteiger charge is 2.25. The van der Waals surface area contributed by atoms with Gasteiger partial charge in [0.05, 0.1) is 45.7 Å². The molecule has 168 valence electrons. The number of aromatic amines is 1. The maximum Gasteiger partial charge on any atom is 0.322 e. The van der Waals surface area contributed by atoms with Gasteiger partial charge in [-0.15, -0.1) is 0 Å². The molecule has 11 heteroatoms. The Morgan fingerprint density at radius 1 is 1.15 bits per heavy atom. The molecule has 3 aromatic heterocycles. The summed E-state index contributed by atoms with van der Waals surface area (Å²) in [5.74, 6) is -2.54. The fraction of sp³-hybridized carbons (Fsp3) is 0.182. The normalized spacial score (nSPS) is 16.3. The van der Waals surface area contributed by atoms with Crippen molar-refractivity contribution >= 4 is 34.3 Å². The van der Waals surface area contributed by atoms with Crippen LogP contribution in [0.5, 0.6) is 0 Å². The van der Waals surface area contributed by atoms with Crippen LogP contribution in [0.1, 0.15) is 0 Å². The van der Waals surface area contributed by atoms with Gasteiger partial charge in [0.15, 0.2) is 0 Å². The van der Waals surface area contributed by atoms with Crippen molar-refractivity contribution in [1.82, 2.24) is 25.3 Å². The molecule has 33 heavy (non-hydrogen) atoms. The van der Waals surface area contributed by atoms with Crippen molar-refractivity contribution < 1.29 is 18.7 Å². The van der Waals surface area contributed by atoms with Crippen LogP contribution in [0.4, 0.5) is 14.5 Å². The lowest BCUT2D eigenvalue weighted by atomic mass is 10.1. The zero-order valence-corrected chi connectivity index (χ0v) is 17.8. The number of fused-ring (bicyclic) bond motifs is 1. The maximum absolute atomic E-state index is 14.5. The zero-order valence-electron chi connectivity index (χ0n) is 17.0. The van der Waals surface area contributed by atoms with Gasteiger partial charge >= 0.3 is 5.97 Å². The van der Waals surface area contributed by atoms with Crippen LogP contribution in [0.25, 0.3) is 33.7 Å². The highest BCUT2D eigenvalue weighted by Crippen LogP contribution is 2.33. The molecule has 1 fully saturated rings. The Hall–Kier alpha value is -3.63. The molecular formula is C22H17ClF2N6O2. The number of piperazine rings is 1.